The van der Waals surface area contributed by atoms with E-state index in [0.717, 1.165) is 5.56 Å². The highest BCUT2D eigenvalue weighted by molar-refractivity contribution is 6.30. The summed E-state index contributed by atoms with van der Waals surface area (Å²) < 4.78 is 10.5. The van der Waals surface area contributed by atoms with Gasteiger partial charge in [-0.2, -0.15) is 0 Å². The molecule has 0 aliphatic carbocycles. The van der Waals surface area contributed by atoms with Crippen LogP contribution in [0.5, 0.6) is 5.75 Å². The molecule has 1 aliphatic heterocycles. The lowest BCUT2D eigenvalue weighted by molar-refractivity contribution is -0.153. The Morgan fingerprint density at radius 3 is 2.83 bits per heavy atom. The summed E-state index contributed by atoms with van der Waals surface area (Å²) >= 11 is 5.93. The van der Waals surface area contributed by atoms with Crippen LogP contribution in [0.4, 0.5) is 4.79 Å². The van der Waals surface area contributed by atoms with Gasteiger partial charge in [-0.1, -0.05) is 11.6 Å². The smallest absolute Gasteiger partial charge is 0.321 e. The van der Waals surface area contributed by atoms with Gasteiger partial charge >= 0.3 is 12.0 Å². The van der Waals surface area contributed by atoms with E-state index in [4.69, 9.17) is 21.1 Å². The fraction of sp³-hybridized carbons (Fsp3) is 0.438. The first kappa shape index (κ1) is 18.1. The number of amides is 3. The van der Waals surface area contributed by atoms with Gasteiger partial charge in [0.25, 0.3) is 5.91 Å². The maximum atomic E-state index is 12.0. The first-order valence-corrected chi connectivity index (χ1v) is 7.91. The maximum Gasteiger partial charge on any atom is 0.321 e. The number of urea groups is 1. The molecule has 3 amide bonds. The molecular formula is C16H19ClN2O5. The van der Waals surface area contributed by atoms with Gasteiger partial charge in [0.05, 0.1) is 5.92 Å². The number of fused-ring (bicyclic) bond motifs is 1. The van der Waals surface area contributed by atoms with Gasteiger partial charge in [-0.3, -0.25) is 14.9 Å². The Kier molecular flexibility index (Phi) is 6.03. The third-order valence-electron chi connectivity index (χ3n) is 3.28. The van der Waals surface area contributed by atoms with Crippen LogP contribution in [0.2, 0.25) is 5.02 Å². The molecule has 1 aliphatic rings. The van der Waals surface area contributed by atoms with Crippen LogP contribution in [-0.2, 0) is 20.7 Å². The van der Waals surface area contributed by atoms with E-state index < -0.39 is 30.4 Å². The lowest BCUT2D eigenvalue weighted by atomic mass is 9.97. The van der Waals surface area contributed by atoms with Gasteiger partial charge in [-0.05, 0) is 44.0 Å². The first-order valence-electron chi connectivity index (χ1n) is 7.53. The fourth-order valence-corrected chi connectivity index (χ4v) is 2.42. The zero-order chi connectivity index (χ0) is 17.7. The van der Waals surface area contributed by atoms with Gasteiger partial charge < -0.3 is 14.8 Å². The molecule has 0 aromatic heterocycles. The standard InChI is InChI=1S/C16H19ClN2O5/c1-9(2)18-16(22)19-14(20)8-24-15(21)11-5-10-6-12(17)3-4-13(10)23-7-11/h3-4,6,9,11H,5,7-8H2,1-2H3,(H2,18,19,20,22). The summed E-state index contributed by atoms with van der Waals surface area (Å²) in [6.07, 6.45) is 0.421. The quantitative estimate of drug-likeness (QED) is 0.802. The van der Waals surface area contributed by atoms with Crippen molar-refractivity contribution in [1.82, 2.24) is 10.6 Å². The Balaban J connectivity index is 1.81. The van der Waals surface area contributed by atoms with Crippen LogP contribution in [0, 0.1) is 5.92 Å². The second-order valence-corrected chi connectivity index (χ2v) is 6.18. The highest BCUT2D eigenvalue weighted by Crippen LogP contribution is 2.30. The van der Waals surface area contributed by atoms with E-state index in [0.29, 0.717) is 17.2 Å². The molecular weight excluding hydrogens is 336 g/mol. The Hall–Kier alpha value is -2.28. The number of hydrogen-bond acceptors (Lipinski definition) is 5. The minimum absolute atomic E-state index is 0.105. The third-order valence-corrected chi connectivity index (χ3v) is 3.52. The van der Waals surface area contributed by atoms with Crippen molar-refractivity contribution < 1.29 is 23.9 Å². The van der Waals surface area contributed by atoms with Crippen LogP contribution in [0.1, 0.15) is 19.4 Å². The van der Waals surface area contributed by atoms with Crippen molar-refractivity contribution in [1.29, 1.82) is 0 Å². The number of benzene rings is 1. The number of hydrogen-bond donors (Lipinski definition) is 2. The average Bonchev–Trinajstić information content (AvgIpc) is 2.50. The average molecular weight is 355 g/mol. The molecule has 24 heavy (non-hydrogen) atoms. The molecule has 0 radical (unpaired) electrons. The Morgan fingerprint density at radius 1 is 1.38 bits per heavy atom. The van der Waals surface area contributed by atoms with Gasteiger partial charge in [0.2, 0.25) is 0 Å². The lowest BCUT2D eigenvalue weighted by Gasteiger charge is -2.24. The van der Waals surface area contributed by atoms with Crippen molar-refractivity contribution in [3.63, 3.8) is 0 Å². The zero-order valence-electron chi connectivity index (χ0n) is 13.4. The summed E-state index contributed by atoms with van der Waals surface area (Å²) in [7, 11) is 0. The second-order valence-electron chi connectivity index (χ2n) is 5.75. The molecule has 7 nitrogen and oxygen atoms in total. The molecule has 0 fully saturated rings. The van der Waals surface area contributed by atoms with E-state index in [1.54, 1.807) is 32.0 Å². The Morgan fingerprint density at radius 2 is 2.12 bits per heavy atom. The van der Waals surface area contributed by atoms with Gasteiger partial charge in [0.1, 0.15) is 12.4 Å². The molecule has 8 heteroatoms. The molecule has 2 rings (SSSR count). The predicted molar refractivity (Wildman–Crippen MR) is 86.9 cm³/mol. The van der Waals surface area contributed by atoms with Crippen molar-refractivity contribution in [2.45, 2.75) is 26.3 Å². The van der Waals surface area contributed by atoms with Gasteiger partial charge in [0.15, 0.2) is 6.61 Å². The normalized spacial score (nSPS) is 15.9. The van der Waals surface area contributed by atoms with Crippen LogP contribution in [-0.4, -0.2) is 37.2 Å². The number of nitrogens with one attached hydrogen (secondary N) is 2. The van der Waals surface area contributed by atoms with Crippen LogP contribution in [0.25, 0.3) is 0 Å². The Bertz CT molecular complexity index is 647. The van der Waals surface area contributed by atoms with Crippen molar-refractivity contribution in [3.05, 3.63) is 28.8 Å². The highest BCUT2D eigenvalue weighted by Gasteiger charge is 2.28. The van der Waals surface area contributed by atoms with E-state index in [1.807, 2.05) is 0 Å². The molecule has 0 saturated carbocycles. The van der Waals surface area contributed by atoms with E-state index in [-0.39, 0.29) is 12.6 Å². The summed E-state index contributed by atoms with van der Waals surface area (Å²) in [5.74, 6) is -1.08. The van der Waals surface area contributed by atoms with Gasteiger partial charge in [-0.25, -0.2) is 4.79 Å². The van der Waals surface area contributed by atoms with E-state index in [2.05, 4.69) is 10.6 Å². The molecule has 0 spiro atoms. The Labute approximate surface area is 144 Å². The minimum Gasteiger partial charge on any atom is -0.492 e. The van der Waals surface area contributed by atoms with Crippen LogP contribution in [0.15, 0.2) is 18.2 Å². The molecule has 1 unspecified atom stereocenters. The van der Waals surface area contributed by atoms with Crippen LogP contribution >= 0.6 is 11.6 Å². The number of halogens is 1. The largest absolute Gasteiger partial charge is 0.492 e. The predicted octanol–water partition coefficient (Wildman–Crippen LogP) is 1.67. The molecule has 1 atom stereocenters. The number of imide groups is 1. The third kappa shape index (κ3) is 5.13. The topological polar surface area (TPSA) is 93.7 Å². The molecule has 1 aromatic rings. The molecule has 1 aromatic carbocycles. The summed E-state index contributed by atoms with van der Waals surface area (Å²) in [4.78, 5) is 35.0. The van der Waals surface area contributed by atoms with Crippen molar-refractivity contribution in [2.75, 3.05) is 13.2 Å². The summed E-state index contributed by atoms with van der Waals surface area (Å²) in [5.41, 5.74) is 0.816. The minimum atomic E-state index is -0.693. The monoisotopic (exact) mass is 354 g/mol. The van der Waals surface area contributed by atoms with Crippen LogP contribution in [0.3, 0.4) is 0 Å². The van der Waals surface area contributed by atoms with Crippen molar-refractivity contribution in [3.8, 4) is 5.75 Å². The lowest BCUT2D eigenvalue weighted by Crippen LogP contribution is -2.44. The van der Waals surface area contributed by atoms with E-state index in [1.165, 1.54) is 0 Å². The van der Waals surface area contributed by atoms with Gasteiger partial charge in [-0.15, -0.1) is 0 Å². The molecule has 2 N–H and O–H groups in total. The van der Waals surface area contributed by atoms with E-state index >= 15 is 0 Å². The number of rotatable bonds is 4. The fourth-order valence-electron chi connectivity index (χ4n) is 2.23. The molecule has 1 heterocycles. The zero-order valence-corrected chi connectivity index (χ0v) is 14.2. The molecule has 130 valence electrons. The molecule has 0 saturated heterocycles. The number of esters is 1. The number of ether oxygens (including phenoxy) is 2. The summed E-state index contributed by atoms with van der Waals surface area (Å²) in [5, 5.41) is 5.13. The summed E-state index contributed by atoms with van der Waals surface area (Å²) in [6.45, 7) is 3.17. The number of carbonyl (C=O) groups excluding carboxylic acids is 3. The first-order chi connectivity index (χ1) is 11.3. The highest BCUT2D eigenvalue weighted by atomic mass is 35.5. The SMILES string of the molecule is CC(C)NC(=O)NC(=O)COC(=O)C1COc2ccc(Cl)cc2C1. The van der Waals surface area contributed by atoms with Crippen LogP contribution < -0.4 is 15.4 Å². The number of carbonyl (C=O) groups is 3. The van der Waals surface area contributed by atoms with E-state index in [9.17, 15) is 14.4 Å². The maximum absolute atomic E-state index is 12.0. The van der Waals surface area contributed by atoms with Crippen molar-refractivity contribution >= 4 is 29.5 Å². The molecule has 0 bridgehead atoms. The second kappa shape index (κ2) is 8.01. The van der Waals surface area contributed by atoms with Gasteiger partial charge in [0, 0.05) is 11.1 Å². The van der Waals surface area contributed by atoms with Crippen molar-refractivity contribution in [2.24, 2.45) is 5.92 Å². The summed E-state index contributed by atoms with van der Waals surface area (Å²) in [6, 6.07) is 4.47.